The predicted molar refractivity (Wildman–Crippen MR) is 52.1 cm³/mol. The molecule has 1 saturated heterocycles. The van der Waals surface area contributed by atoms with Gasteiger partial charge in [0.2, 0.25) is 0 Å². The standard InChI is InChI=1S/C9H15NO2S/c11-13(12)6-2-4-9(13)8-3-1-5-10-7-8/h4,8,10H,1-3,5-7H2. The molecule has 1 fully saturated rings. The third kappa shape index (κ3) is 1.79. The molecular formula is C9H15NO2S. The van der Waals surface area contributed by atoms with Crippen LogP contribution in [0.5, 0.6) is 0 Å². The summed E-state index contributed by atoms with van der Waals surface area (Å²) in [6.45, 7) is 1.87. The van der Waals surface area contributed by atoms with Gasteiger partial charge in [0.15, 0.2) is 9.84 Å². The zero-order chi connectivity index (χ0) is 9.31. The predicted octanol–water partition coefficient (Wildman–Crippen LogP) is 0.688. The van der Waals surface area contributed by atoms with E-state index in [2.05, 4.69) is 5.32 Å². The monoisotopic (exact) mass is 201 g/mol. The minimum absolute atomic E-state index is 0.251. The van der Waals surface area contributed by atoms with Crippen LogP contribution < -0.4 is 5.32 Å². The Labute approximate surface area is 79.1 Å². The van der Waals surface area contributed by atoms with Crippen molar-refractivity contribution in [3.63, 3.8) is 0 Å². The Kier molecular flexibility index (Phi) is 2.43. The second-order valence-corrected chi connectivity index (χ2v) is 5.87. The molecule has 2 aliphatic heterocycles. The highest BCUT2D eigenvalue weighted by Crippen LogP contribution is 2.29. The topological polar surface area (TPSA) is 46.2 Å². The number of allylic oxidation sites excluding steroid dienone is 1. The van der Waals surface area contributed by atoms with Crippen molar-refractivity contribution in [1.29, 1.82) is 0 Å². The van der Waals surface area contributed by atoms with E-state index in [9.17, 15) is 8.42 Å². The maximum absolute atomic E-state index is 11.6. The van der Waals surface area contributed by atoms with Gasteiger partial charge in [-0.05, 0) is 25.8 Å². The Morgan fingerprint density at radius 1 is 1.46 bits per heavy atom. The van der Waals surface area contributed by atoms with E-state index >= 15 is 0 Å². The van der Waals surface area contributed by atoms with Crippen LogP contribution in [0.4, 0.5) is 0 Å². The molecule has 0 spiro atoms. The zero-order valence-corrected chi connectivity index (χ0v) is 8.44. The smallest absolute Gasteiger partial charge is 0.174 e. The van der Waals surface area contributed by atoms with Crippen LogP contribution in [-0.2, 0) is 9.84 Å². The van der Waals surface area contributed by atoms with Crippen LogP contribution in [0.15, 0.2) is 11.0 Å². The van der Waals surface area contributed by atoms with Crippen molar-refractivity contribution in [2.45, 2.75) is 19.3 Å². The fourth-order valence-corrected chi connectivity index (χ4v) is 3.86. The van der Waals surface area contributed by atoms with E-state index in [-0.39, 0.29) is 5.92 Å². The van der Waals surface area contributed by atoms with Crippen LogP contribution in [0.3, 0.4) is 0 Å². The van der Waals surface area contributed by atoms with Crippen LogP contribution in [0, 0.1) is 5.92 Å². The van der Waals surface area contributed by atoms with Gasteiger partial charge in [-0.2, -0.15) is 0 Å². The SMILES string of the molecule is O=S1(=O)CCC=C1C1CCCNC1. The average molecular weight is 201 g/mol. The van der Waals surface area contributed by atoms with E-state index in [0.717, 1.165) is 25.9 Å². The van der Waals surface area contributed by atoms with Crippen molar-refractivity contribution < 1.29 is 8.42 Å². The molecule has 74 valence electrons. The minimum atomic E-state index is -2.87. The highest BCUT2D eigenvalue weighted by Gasteiger charge is 2.30. The van der Waals surface area contributed by atoms with Gasteiger partial charge in [0, 0.05) is 17.4 Å². The van der Waals surface area contributed by atoms with Crippen LogP contribution in [0.25, 0.3) is 0 Å². The largest absolute Gasteiger partial charge is 0.316 e. The maximum atomic E-state index is 11.6. The molecule has 0 aliphatic carbocycles. The van der Waals surface area contributed by atoms with Crippen molar-refractivity contribution in [2.75, 3.05) is 18.8 Å². The molecular weight excluding hydrogens is 186 g/mol. The molecule has 0 aromatic carbocycles. The highest BCUT2D eigenvalue weighted by molar-refractivity contribution is 7.95. The molecule has 0 bridgehead atoms. The van der Waals surface area contributed by atoms with E-state index in [1.54, 1.807) is 0 Å². The van der Waals surface area contributed by atoms with Gasteiger partial charge < -0.3 is 5.32 Å². The quantitative estimate of drug-likeness (QED) is 0.679. The summed E-state index contributed by atoms with van der Waals surface area (Å²) >= 11 is 0. The summed E-state index contributed by atoms with van der Waals surface area (Å²) in [4.78, 5) is 0.708. The molecule has 0 aromatic rings. The number of nitrogens with one attached hydrogen (secondary N) is 1. The lowest BCUT2D eigenvalue weighted by Gasteiger charge is -2.23. The number of hydrogen-bond donors (Lipinski definition) is 1. The second kappa shape index (κ2) is 3.42. The van der Waals surface area contributed by atoms with Gasteiger partial charge in [0.1, 0.15) is 0 Å². The summed E-state index contributed by atoms with van der Waals surface area (Å²) in [6.07, 6.45) is 4.75. The molecule has 2 rings (SSSR count). The maximum Gasteiger partial charge on any atom is 0.174 e. The number of piperidine rings is 1. The molecule has 3 nitrogen and oxygen atoms in total. The second-order valence-electron chi connectivity index (χ2n) is 3.76. The van der Waals surface area contributed by atoms with Crippen molar-refractivity contribution in [3.05, 3.63) is 11.0 Å². The van der Waals surface area contributed by atoms with Gasteiger partial charge >= 0.3 is 0 Å². The van der Waals surface area contributed by atoms with E-state index < -0.39 is 9.84 Å². The van der Waals surface area contributed by atoms with Crippen LogP contribution in [-0.4, -0.2) is 27.3 Å². The lowest BCUT2D eigenvalue weighted by atomic mass is 9.99. The summed E-state index contributed by atoms with van der Waals surface area (Å²) in [6, 6.07) is 0. The first-order valence-electron chi connectivity index (χ1n) is 4.84. The molecule has 0 radical (unpaired) electrons. The molecule has 2 aliphatic rings. The Morgan fingerprint density at radius 3 is 2.85 bits per heavy atom. The van der Waals surface area contributed by atoms with Crippen molar-refractivity contribution in [3.8, 4) is 0 Å². The first-order chi connectivity index (χ1) is 6.20. The average Bonchev–Trinajstić information content (AvgIpc) is 2.47. The molecule has 0 aromatic heterocycles. The van der Waals surface area contributed by atoms with Gasteiger partial charge in [-0.15, -0.1) is 0 Å². The molecule has 1 atom stereocenters. The Bertz CT molecular complexity index is 313. The third-order valence-corrected chi connectivity index (χ3v) is 4.78. The fourth-order valence-electron chi connectivity index (χ4n) is 2.12. The molecule has 0 saturated carbocycles. The van der Waals surface area contributed by atoms with Crippen molar-refractivity contribution in [1.82, 2.24) is 5.32 Å². The van der Waals surface area contributed by atoms with E-state index in [1.165, 1.54) is 0 Å². The lowest BCUT2D eigenvalue weighted by molar-refractivity contribution is 0.430. The first kappa shape index (κ1) is 9.21. The minimum Gasteiger partial charge on any atom is -0.316 e. The first-order valence-corrected chi connectivity index (χ1v) is 6.49. The Morgan fingerprint density at radius 2 is 2.31 bits per heavy atom. The van der Waals surface area contributed by atoms with Crippen LogP contribution in [0.1, 0.15) is 19.3 Å². The Balaban J connectivity index is 2.15. The summed E-state index contributed by atoms with van der Waals surface area (Å²) in [5.74, 6) is 0.583. The third-order valence-electron chi connectivity index (χ3n) is 2.79. The van der Waals surface area contributed by atoms with Crippen molar-refractivity contribution >= 4 is 9.84 Å². The molecule has 13 heavy (non-hydrogen) atoms. The number of hydrogen-bond acceptors (Lipinski definition) is 3. The molecule has 1 N–H and O–H groups in total. The summed E-state index contributed by atoms with van der Waals surface area (Å²) in [5, 5.41) is 3.24. The van der Waals surface area contributed by atoms with Gasteiger partial charge in [0.05, 0.1) is 5.75 Å². The molecule has 0 amide bonds. The van der Waals surface area contributed by atoms with E-state index in [0.29, 0.717) is 17.1 Å². The van der Waals surface area contributed by atoms with Crippen LogP contribution in [0.2, 0.25) is 0 Å². The highest BCUT2D eigenvalue weighted by atomic mass is 32.2. The molecule has 2 heterocycles. The van der Waals surface area contributed by atoms with Crippen LogP contribution >= 0.6 is 0 Å². The molecule has 1 unspecified atom stereocenters. The summed E-state index contributed by atoms with van der Waals surface area (Å²) in [7, 11) is -2.87. The van der Waals surface area contributed by atoms with E-state index in [4.69, 9.17) is 0 Å². The van der Waals surface area contributed by atoms with Gasteiger partial charge in [-0.25, -0.2) is 8.42 Å². The summed E-state index contributed by atoms with van der Waals surface area (Å²) in [5.41, 5.74) is 0. The zero-order valence-electron chi connectivity index (χ0n) is 7.62. The fraction of sp³-hybridized carbons (Fsp3) is 0.778. The normalized spacial score (nSPS) is 32.9. The Hall–Kier alpha value is -0.350. The lowest BCUT2D eigenvalue weighted by Crippen LogP contribution is -2.32. The van der Waals surface area contributed by atoms with Gasteiger partial charge in [-0.3, -0.25) is 0 Å². The number of sulfone groups is 1. The molecule has 4 heteroatoms. The van der Waals surface area contributed by atoms with Gasteiger partial charge in [0.25, 0.3) is 0 Å². The summed E-state index contributed by atoms with van der Waals surface area (Å²) < 4.78 is 23.1. The van der Waals surface area contributed by atoms with Crippen molar-refractivity contribution in [2.24, 2.45) is 5.92 Å². The number of rotatable bonds is 1. The van der Waals surface area contributed by atoms with Gasteiger partial charge in [-0.1, -0.05) is 6.08 Å². The van der Waals surface area contributed by atoms with E-state index in [1.807, 2.05) is 6.08 Å².